The fourth-order valence-electron chi connectivity index (χ4n) is 4.34. The molecule has 0 spiro atoms. The molecule has 1 amide bonds. The standard InChI is InChI=1S/C28H27FN4O3/c1-32(25(34)18-33-13-15-36-16-14-33)22-10-8-21(9-11-22)30-27(19-5-3-2-4-6-19)26-23-12-7-20(29)17-24(23)31-28(26)35/h2-12,17,31,35H,13-16,18H2,1H3. The van der Waals surface area contributed by atoms with Crippen LogP contribution in [-0.4, -0.2) is 66.5 Å². The second-order valence-corrected chi connectivity index (χ2v) is 8.72. The summed E-state index contributed by atoms with van der Waals surface area (Å²) in [6, 6.07) is 21.2. The number of fused-ring (bicyclic) bond motifs is 1. The van der Waals surface area contributed by atoms with Gasteiger partial charge in [0.25, 0.3) is 0 Å². The zero-order chi connectivity index (χ0) is 25.1. The van der Waals surface area contributed by atoms with Crippen LogP contribution in [0.4, 0.5) is 15.8 Å². The number of anilines is 1. The van der Waals surface area contributed by atoms with Crippen LogP contribution in [0.5, 0.6) is 5.88 Å². The van der Waals surface area contributed by atoms with E-state index in [0.717, 1.165) is 24.3 Å². The number of carbonyl (C=O) groups is 1. The molecule has 0 unspecified atom stereocenters. The maximum absolute atomic E-state index is 13.8. The van der Waals surface area contributed by atoms with Gasteiger partial charge < -0.3 is 19.7 Å². The molecule has 5 rings (SSSR count). The van der Waals surface area contributed by atoms with E-state index in [1.807, 2.05) is 54.6 Å². The highest BCUT2D eigenvalue weighted by molar-refractivity contribution is 6.21. The lowest BCUT2D eigenvalue weighted by Crippen LogP contribution is -2.43. The second kappa shape index (κ2) is 10.3. The monoisotopic (exact) mass is 486 g/mol. The summed E-state index contributed by atoms with van der Waals surface area (Å²) in [4.78, 5) is 24.2. The summed E-state index contributed by atoms with van der Waals surface area (Å²) in [5.74, 6) is -0.464. The van der Waals surface area contributed by atoms with E-state index < -0.39 is 5.82 Å². The van der Waals surface area contributed by atoms with Crippen molar-refractivity contribution in [3.05, 3.63) is 89.7 Å². The Morgan fingerprint density at radius 3 is 2.53 bits per heavy atom. The number of nitrogens with zero attached hydrogens (tertiary/aromatic N) is 3. The number of carbonyl (C=O) groups excluding carboxylic acids is 1. The smallest absolute Gasteiger partial charge is 0.240 e. The molecular weight excluding hydrogens is 459 g/mol. The molecule has 2 heterocycles. The average molecular weight is 487 g/mol. The summed E-state index contributed by atoms with van der Waals surface area (Å²) in [6.07, 6.45) is 0. The number of amides is 1. The fourth-order valence-corrected chi connectivity index (χ4v) is 4.34. The van der Waals surface area contributed by atoms with Gasteiger partial charge in [-0.1, -0.05) is 30.3 Å². The topological polar surface area (TPSA) is 81.2 Å². The third kappa shape index (κ3) is 5.00. The molecule has 1 aliphatic rings. The van der Waals surface area contributed by atoms with Crippen molar-refractivity contribution in [2.45, 2.75) is 0 Å². The maximum atomic E-state index is 13.8. The Morgan fingerprint density at radius 1 is 1.08 bits per heavy atom. The molecule has 4 aromatic rings. The van der Waals surface area contributed by atoms with E-state index in [-0.39, 0.29) is 11.8 Å². The minimum absolute atomic E-state index is 0.00840. The Kier molecular flexibility index (Phi) is 6.79. The van der Waals surface area contributed by atoms with Crippen LogP contribution in [0.3, 0.4) is 0 Å². The highest BCUT2D eigenvalue weighted by Gasteiger charge is 2.20. The van der Waals surface area contributed by atoms with E-state index in [2.05, 4.69) is 9.88 Å². The van der Waals surface area contributed by atoms with Crippen molar-refractivity contribution in [2.24, 2.45) is 4.99 Å². The van der Waals surface area contributed by atoms with Crippen LogP contribution in [0, 0.1) is 5.82 Å². The summed E-state index contributed by atoms with van der Waals surface area (Å²) in [5.41, 5.74) is 3.76. The van der Waals surface area contributed by atoms with Crippen molar-refractivity contribution in [1.29, 1.82) is 0 Å². The molecule has 1 aromatic heterocycles. The molecule has 0 saturated carbocycles. The molecule has 7 nitrogen and oxygen atoms in total. The first-order valence-corrected chi connectivity index (χ1v) is 11.8. The van der Waals surface area contributed by atoms with Gasteiger partial charge in [0.2, 0.25) is 5.91 Å². The van der Waals surface area contributed by atoms with Crippen LogP contribution in [-0.2, 0) is 9.53 Å². The largest absolute Gasteiger partial charge is 0.494 e. The number of aliphatic imine (C=N–C) groups is 1. The second-order valence-electron chi connectivity index (χ2n) is 8.72. The molecular formula is C28H27FN4O3. The molecule has 1 fully saturated rings. The van der Waals surface area contributed by atoms with Crippen molar-refractivity contribution < 1.29 is 19.0 Å². The van der Waals surface area contributed by atoms with Gasteiger partial charge in [0.05, 0.1) is 42.2 Å². The van der Waals surface area contributed by atoms with E-state index >= 15 is 0 Å². The molecule has 36 heavy (non-hydrogen) atoms. The number of nitrogens with one attached hydrogen (secondary N) is 1. The summed E-state index contributed by atoms with van der Waals surface area (Å²) in [5, 5.41) is 11.4. The lowest BCUT2D eigenvalue weighted by Gasteiger charge is -2.28. The number of H-pyrrole nitrogens is 1. The summed E-state index contributed by atoms with van der Waals surface area (Å²) >= 11 is 0. The molecule has 8 heteroatoms. The Hall–Kier alpha value is -4.01. The molecule has 3 aromatic carbocycles. The SMILES string of the molecule is CN(C(=O)CN1CCOCC1)c1ccc(N=C(c2ccccc2)c2c(O)[nH]c3cc(F)ccc23)cc1. The number of aromatic amines is 1. The third-order valence-corrected chi connectivity index (χ3v) is 6.34. The van der Waals surface area contributed by atoms with Crippen LogP contribution >= 0.6 is 0 Å². The zero-order valence-corrected chi connectivity index (χ0v) is 19.9. The van der Waals surface area contributed by atoms with Crippen LogP contribution in [0.2, 0.25) is 0 Å². The number of ether oxygens (including phenoxy) is 1. The lowest BCUT2D eigenvalue weighted by molar-refractivity contribution is -0.120. The number of rotatable bonds is 6. The van der Waals surface area contributed by atoms with E-state index in [4.69, 9.17) is 9.73 Å². The van der Waals surface area contributed by atoms with E-state index in [9.17, 15) is 14.3 Å². The van der Waals surface area contributed by atoms with Crippen LogP contribution in [0.1, 0.15) is 11.1 Å². The predicted octanol–water partition coefficient (Wildman–Crippen LogP) is 4.48. The van der Waals surface area contributed by atoms with E-state index in [0.29, 0.717) is 47.6 Å². The number of morpholine rings is 1. The number of benzene rings is 3. The number of hydrogen-bond donors (Lipinski definition) is 2. The first kappa shape index (κ1) is 23.7. The Bertz CT molecular complexity index is 1390. The summed E-state index contributed by atoms with van der Waals surface area (Å²) < 4.78 is 19.1. The van der Waals surface area contributed by atoms with Crippen LogP contribution in [0.25, 0.3) is 10.9 Å². The van der Waals surface area contributed by atoms with Crippen molar-refractivity contribution in [3.8, 4) is 5.88 Å². The van der Waals surface area contributed by atoms with Gasteiger partial charge in [-0.05, 0) is 42.5 Å². The van der Waals surface area contributed by atoms with Crippen LogP contribution in [0.15, 0.2) is 77.8 Å². The average Bonchev–Trinajstić information content (AvgIpc) is 3.22. The quantitative estimate of drug-likeness (QED) is 0.394. The van der Waals surface area contributed by atoms with Crippen molar-refractivity contribution >= 4 is 33.9 Å². The Labute approximate surface area is 208 Å². The molecule has 0 bridgehead atoms. The number of aromatic nitrogens is 1. The first-order valence-electron chi connectivity index (χ1n) is 11.8. The van der Waals surface area contributed by atoms with Gasteiger partial charge in [-0.15, -0.1) is 0 Å². The van der Waals surface area contributed by atoms with Crippen molar-refractivity contribution in [3.63, 3.8) is 0 Å². The molecule has 1 saturated heterocycles. The van der Waals surface area contributed by atoms with Gasteiger partial charge in [-0.2, -0.15) is 0 Å². The van der Waals surface area contributed by atoms with E-state index in [1.54, 1.807) is 18.0 Å². The van der Waals surface area contributed by atoms with Gasteiger partial charge in [-0.25, -0.2) is 9.38 Å². The number of likely N-dealkylation sites (N-methyl/N-ethyl adjacent to an activating group) is 1. The molecule has 0 aliphatic carbocycles. The summed E-state index contributed by atoms with van der Waals surface area (Å²) in [7, 11) is 1.76. The third-order valence-electron chi connectivity index (χ3n) is 6.34. The van der Waals surface area contributed by atoms with Gasteiger partial charge in [0.1, 0.15) is 5.82 Å². The fraction of sp³-hybridized carbons (Fsp3) is 0.214. The van der Waals surface area contributed by atoms with Gasteiger partial charge >= 0.3 is 0 Å². The van der Waals surface area contributed by atoms with Gasteiger partial charge in [0, 0.05) is 36.8 Å². The maximum Gasteiger partial charge on any atom is 0.240 e. The van der Waals surface area contributed by atoms with Gasteiger partial charge in [-0.3, -0.25) is 9.69 Å². The highest BCUT2D eigenvalue weighted by atomic mass is 19.1. The first-order chi connectivity index (χ1) is 17.5. The minimum atomic E-state index is -0.392. The number of halogens is 1. The lowest BCUT2D eigenvalue weighted by atomic mass is 10.0. The minimum Gasteiger partial charge on any atom is -0.494 e. The molecule has 2 N–H and O–H groups in total. The number of hydrogen-bond acceptors (Lipinski definition) is 5. The Balaban J connectivity index is 1.46. The number of aromatic hydroxyl groups is 1. The zero-order valence-electron chi connectivity index (χ0n) is 19.9. The highest BCUT2D eigenvalue weighted by Crippen LogP contribution is 2.32. The molecule has 0 radical (unpaired) electrons. The predicted molar refractivity (Wildman–Crippen MR) is 139 cm³/mol. The molecule has 1 aliphatic heterocycles. The van der Waals surface area contributed by atoms with Crippen molar-refractivity contribution in [2.75, 3.05) is 44.8 Å². The Morgan fingerprint density at radius 2 is 1.81 bits per heavy atom. The van der Waals surface area contributed by atoms with Crippen LogP contribution < -0.4 is 4.90 Å². The van der Waals surface area contributed by atoms with Gasteiger partial charge in [0.15, 0.2) is 5.88 Å². The molecule has 0 atom stereocenters. The normalized spacial score (nSPS) is 14.8. The van der Waals surface area contributed by atoms with E-state index in [1.165, 1.54) is 12.1 Å². The molecule has 184 valence electrons. The summed E-state index contributed by atoms with van der Waals surface area (Å²) in [6.45, 7) is 3.15. The van der Waals surface area contributed by atoms with Crippen molar-refractivity contribution in [1.82, 2.24) is 9.88 Å².